The molecule has 0 amide bonds. The Morgan fingerprint density at radius 3 is 2.26 bits per heavy atom. The first kappa shape index (κ1) is 17.3. The minimum absolute atomic E-state index is 0.0552. The lowest BCUT2D eigenvalue weighted by molar-refractivity contribution is -0.136. The average molecular weight is 338 g/mol. The molecule has 1 atom stereocenters. The SMILES string of the molecule is CCC(NC(=S)Nc1ccccc1C(F)(F)F)c1ccccc1. The van der Waals surface area contributed by atoms with E-state index in [4.69, 9.17) is 12.2 Å². The highest BCUT2D eigenvalue weighted by atomic mass is 32.1. The minimum atomic E-state index is -4.43. The van der Waals surface area contributed by atoms with Crippen LogP contribution in [0.5, 0.6) is 0 Å². The molecule has 6 heteroatoms. The van der Waals surface area contributed by atoms with E-state index in [1.807, 2.05) is 37.3 Å². The average Bonchev–Trinajstić information content (AvgIpc) is 2.53. The van der Waals surface area contributed by atoms with Gasteiger partial charge in [0.15, 0.2) is 5.11 Å². The number of halogens is 3. The van der Waals surface area contributed by atoms with Crippen LogP contribution in [0.15, 0.2) is 54.6 Å². The first-order valence-electron chi connectivity index (χ1n) is 7.20. The van der Waals surface area contributed by atoms with Crippen molar-refractivity contribution in [3.05, 3.63) is 65.7 Å². The Morgan fingerprint density at radius 2 is 1.65 bits per heavy atom. The van der Waals surface area contributed by atoms with Gasteiger partial charge in [0.25, 0.3) is 0 Å². The first-order valence-corrected chi connectivity index (χ1v) is 7.61. The Balaban J connectivity index is 2.11. The van der Waals surface area contributed by atoms with Gasteiger partial charge >= 0.3 is 6.18 Å². The second-order valence-corrected chi connectivity index (χ2v) is 5.42. The summed E-state index contributed by atoms with van der Waals surface area (Å²) in [6.45, 7) is 1.98. The van der Waals surface area contributed by atoms with Gasteiger partial charge in [0.05, 0.1) is 17.3 Å². The van der Waals surface area contributed by atoms with Crippen LogP contribution in [-0.4, -0.2) is 5.11 Å². The number of hydrogen-bond acceptors (Lipinski definition) is 1. The summed E-state index contributed by atoms with van der Waals surface area (Å²) in [6.07, 6.45) is -3.67. The smallest absolute Gasteiger partial charge is 0.356 e. The third-order valence-corrected chi connectivity index (χ3v) is 3.62. The lowest BCUT2D eigenvalue weighted by Gasteiger charge is -2.21. The lowest BCUT2D eigenvalue weighted by atomic mass is 10.1. The van der Waals surface area contributed by atoms with Gasteiger partial charge in [0.2, 0.25) is 0 Å². The van der Waals surface area contributed by atoms with E-state index in [2.05, 4.69) is 10.6 Å². The molecule has 0 heterocycles. The van der Waals surface area contributed by atoms with Crippen molar-refractivity contribution in [2.75, 3.05) is 5.32 Å². The van der Waals surface area contributed by atoms with E-state index in [0.29, 0.717) is 0 Å². The molecule has 2 nitrogen and oxygen atoms in total. The number of nitrogens with one attached hydrogen (secondary N) is 2. The van der Waals surface area contributed by atoms with Crippen molar-refractivity contribution in [1.82, 2.24) is 5.32 Å². The molecule has 0 bridgehead atoms. The number of alkyl halides is 3. The van der Waals surface area contributed by atoms with E-state index in [1.54, 1.807) is 0 Å². The molecular formula is C17H17F3N2S. The summed E-state index contributed by atoms with van der Waals surface area (Å²) in [5, 5.41) is 5.88. The maximum atomic E-state index is 13.0. The van der Waals surface area contributed by atoms with Crippen LogP contribution in [0.2, 0.25) is 0 Å². The number of rotatable bonds is 4. The molecule has 0 aliphatic carbocycles. The molecule has 0 spiro atoms. The van der Waals surface area contributed by atoms with Gasteiger partial charge < -0.3 is 10.6 Å². The maximum absolute atomic E-state index is 13.0. The predicted molar refractivity (Wildman–Crippen MR) is 90.3 cm³/mol. The molecular weight excluding hydrogens is 321 g/mol. The molecule has 0 aliphatic rings. The molecule has 2 aromatic carbocycles. The first-order chi connectivity index (χ1) is 10.9. The molecule has 0 saturated carbocycles. The van der Waals surface area contributed by atoms with Gasteiger partial charge in [-0.3, -0.25) is 0 Å². The standard InChI is InChI=1S/C17H17F3N2S/c1-2-14(12-8-4-3-5-9-12)21-16(23)22-15-11-7-6-10-13(15)17(18,19)20/h3-11,14H,2H2,1H3,(H2,21,22,23). The van der Waals surface area contributed by atoms with Gasteiger partial charge in [-0.15, -0.1) is 0 Å². The molecule has 0 radical (unpaired) electrons. The van der Waals surface area contributed by atoms with Crippen LogP contribution >= 0.6 is 12.2 Å². The minimum Gasteiger partial charge on any atom is -0.356 e. The predicted octanol–water partition coefficient (Wildman–Crippen LogP) is 5.14. The molecule has 1 unspecified atom stereocenters. The van der Waals surface area contributed by atoms with Crippen molar-refractivity contribution < 1.29 is 13.2 Å². The molecule has 0 aromatic heterocycles. The topological polar surface area (TPSA) is 24.1 Å². The van der Waals surface area contributed by atoms with Crippen LogP contribution in [0.1, 0.15) is 30.5 Å². The Bertz CT molecular complexity index is 656. The Kier molecular flexibility index (Phi) is 5.60. The molecule has 23 heavy (non-hydrogen) atoms. The highest BCUT2D eigenvalue weighted by Gasteiger charge is 2.33. The third-order valence-electron chi connectivity index (χ3n) is 3.40. The van der Waals surface area contributed by atoms with Gasteiger partial charge in [-0.2, -0.15) is 13.2 Å². The largest absolute Gasteiger partial charge is 0.418 e. The number of hydrogen-bond donors (Lipinski definition) is 2. The molecule has 0 aliphatic heterocycles. The zero-order valence-electron chi connectivity index (χ0n) is 12.5. The van der Waals surface area contributed by atoms with E-state index in [1.165, 1.54) is 18.2 Å². The second kappa shape index (κ2) is 7.46. The Hall–Kier alpha value is -2.08. The van der Waals surface area contributed by atoms with Crippen LogP contribution in [0, 0.1) is 0 Å². The van der Waals surface area contributed by atoms with Crippen molar-refractivity contribution in [2.45, 2.75) is 25.6 Å². The van der Waals surface area contributed by atoms with Crippen LogP contribution < -0.4 is 10.6 Å². The van der Waals surface area contributed by atoms with Crippen molar-refractivity contribution in [1.29, 1.82) is 0 Å². The maximum Gasteiger partial charge on any atom is 0.418 e. The fourth-order valence-electron chi connectivity index (χ4n) is 2.26. The van der Waals surface area contributed by atoms with Crippen molar-refractivity contribution >= 4 is 23.0 Å². The molecule has 2 aromatic rings. The van der Waals surface area contributed by atoms with E-state index < -0.39 is 11.7 Å². The summed E-state index contributed by atoms with van der Waals surface area (Å²) in [5.74, 6) is 0. The van der Waals surface area contributed by atoms with Gasteiger partial charge in [0.1, 0.15) is 0 Å². The summed E-state index contributed by atoms with van der Waals surface area (Å²) in [6, 6.07) is 14.9. The normalized spacial score (nSPS) is 12.5. The van der Waals surface area contributed by atoms with Crippen molar-refractivity contribution in [2.24, 2.45) is 0 Å². The van der Waals surface area contributed by atoms with Crippen LogP contribution in [0.3, 0.4) is 0 Å². The van der Waals surface area contributed by atoms with Gasteiger partial charge in [-0.25, -0.2) is 0 Å². The number of benzene rings is 2. The molecule has 0 saturated heterocycles. The van der Waals surface area contributed by atoms with E-state index in [9.17, 15) is 13.2 Å². The van der Waals surface area contributed by atoms with Crippen LogP contribution in [0.25, 0.3) is 0 Å². The fourth-order valence-corrected chi connectivity index (χ4v) is 2.51. The van der Waals surface area contributed by atoms with Gasteiger partial charge in [0, 0.05) is 0 Å². The molecule has 0 fully saturated rings. The van der Waals surface area contributed by atoms with Crippen LogP contribution in [0.4, 0.5) is 18.9 Å². The van der Waals surface area contributed by atoms with Crippen molar-refractivity contribution in [3.63, 3.8) is 0 Å². The summed E-state index contributed by atoms with van der Waals surface area (Å²) in [4.78, 5) is 0. The number of para-hydroxylation sites is 1. The fraction of sp³-hybridized carbons (Fsp3) is 0.235. The summed E-state index contributed by atoms with van der Waals surface area (Å²) in [5.41, 5.74) is 0.237. The lowest BCUT2D eigenvalue weighted by Crippen LogP contribution is -2.32. The Labute approximate surface area is 138 Å². The van der Waals surface area contributed by atoms with Crippen molar-refractivity contribution in [3.8, 4) is 0 Å². The van der Waals surface area contributed by atoms with Gasteiger partial charge in [-0.1, -0.05) is 49.4 Å². The highest BCUT2D eigenvalue weighted by molar-refractivity contribution is 7.80. The quantitative estimate of drug-likeness (QED) is 0.755. The van der Waals surface area contributed by atoms with Gasteiger partial charge in [-0.05, 0) is 36.3 Å². The van der Waals surface area contributed by atoms with E-state index in [-0.39, 0.29) is 16.8 Å². The third kappa shape index (κ3) is 4.69. The summed E-state index contributed by atoms with van der Waals surface area (Å²) in [7, 11) is 0. The molecule has 2 N–H and O–H groups in total. The zero-order chi connectivity index (χ0) is 16.9. The van der Waals surface area contributed by atoms with E-state index in [0.717, 1.165) is 18.1 Å². The number of anilines is 1. The zero-order valence-corrected chi connectivity index (χ0v) is 13.3. The second-order valence-electron chi connectivity index (χ2n) is 5.01. The Morgan fingerprint density at radius 1 is 1.04 bits per heavy atom. The summed E-state index contributed by atoms with van der Waals surface area (Å²) >= 11 is 5.17. The number of thiocarbonyl (C=S) groups is 1. The monoisotopic (exact) mass is 338 g/mol. The van der Waals surface area contributed by atoms with Crippen LogP contribution in [-0.2, 0) is 6.18 Å². The summed E-state index contributed by atoms with van der Waals surface area (Å²) < 4.78 is 39.0. The molecule has 122 valence electrons. The highest BCUT2D eigenvalue weighted by Crippen LogP contribution is 2.34. The molecule has 2 rings (SSSR count). The van der Waals surface area contributed by atoms with E-state index >= 15 is 0 Å².